The second kappa shape index (κ2) is 6.35. The van der Waals surface area contributed by atoms with Crippen molar-refractivity contribution in [1.82, 2.24) is 14.8 Å². The summed E-state index contributed by atoms with van der Waals surface area (Å²) in [4.78, 5) is 32.1. The highest BCUT2D eigenvalue weighted by Crippen LogP contribution is 2.48. The number of H-pyrrole nitrogens is 1. The van der Waals surface area contributed by atoms with Gasteiger partial charge in [-0.25, -0.2) is 0 Å². The van der Waals surface area contributed by atoms with Crippen LogP contribution in [0.5, 0.6) is 11.5 Å². The van der Waals surface area contributed by atoms with Crippen molar-refractivity contribution in [3.63, 3.8) is 0 Å². The minimum absolute atomic E-state index is 0.00763. The van der Waals surface area contributed by atoms with Gasteiger partial charge in [-0.2, -0.15) is 0 Å². The molecule has 150 valence electrons. The predicted molar refractivity (Wildman–Crippen MR) is 105 cm³/mol. The van der Waals surface area contributed by atoms with Crippen molar-refractivity contribution in [2.24, 2.45) is 5.92 Å². The molecular weight excluding hydrogens is 370 g/mol. The quantitative estimate of drug-likeness (QED) is 0.842. The van der Waals surface area contributed by atoms with E-state index >= 15 is 0 Å². The first-order valence-corrected chi connectivity index (χ1v) is 10.3. The Morgan fingerprint density at radius 2 is 1.86 bits per heavy atom. The zero-order valence-corrected chi connectivity index (χ0v) is 16.0. The molecule has 0 unspecified atom stereocenters. The Morgan fingerprint density at radius 3 is 2.66 bits per heavy atom. The van der Waals surface area contributed by atoms with E-state index < -0.39 is 0 Å². The van der Waals surface area contributed by atoms with Gasteiger partial charge < -0.3 is 19.4 Å². The van der Waals surface area contributed by atoms with Gasteiger partial charge in [-0.1, -0.05) is 6.07 Å². The fraction of sp³-hybridized carbons (Fsp3) is 0.455. The highest BCUT2D eigenvalue weighted by molar-refractivity contribution is 5.94. The Bertz CT molecular complexity index is 1010. The van der Waals surface area contributed by atoms with Crippen LogP contribution in [0.25, 0.3) is 0 Å². The van der Waals surface area contributed by atoms with E-state index in [1.807, 2.05) is 6.07 Å². The second-order valence-corrected chi connectivity index (χ2v) is 8.47. The molecule has 4 saturated heterocycles. The summed E-state index contributed by atoms with van der Waals surface area (Å²) >= 11 is 0. The van der Waals surface area contributed by atoms with Gasteiger partial charge in [0.25, 0.3) is 5.91 Å². The first-order chi connectivity index (χ1) is 14.2. The van der Waals surface area contributed by atoms with Crippen LogP contribution in [0, 0.1) is 5.92 Å². The van der Waals surface area contributed by atoms with Gasteiger partial charge in [0.05, 0.1) is 11.6 Å². The summed E-state index contributed by atoms with van der Waals surface area (Å²) in [7, 11) is 0. The minimum atomic E-state index is -0.193. The molecule has 7 nitrogen and oxygen atoms in total. The van der Waals surface area contributed by atoms with Gasteiger partial charge >= 0.3 is 0 Å². The summed E-state index contributed by atoms with van der Waals surface area (Å²) in [5.74, 6) is 2.36. The number of benzene rings is 1. The van der Waals surface area contributed by atoms with E-state index in [9.17, 15) is 9.59 Å². The highest BCUT2D eigenvalue weighted by Gasteiger charge is 2.54. The van der Waals surface area contributed by atoms with Gasteiger partial charge in [-0.15, -0.1) is 0 Å². The van der Waals surface area contributed by atoms with E-state index in [0.717, 1.165) is 37.4 Å². The van der Waals surface area contributed by atoms with Gasteiger partial charge in [0, 0.05) is 30.8 Å². The molecule has 5 aliphatic rings. The van der Waals surface area contributed by atoms with Crippen molar-refractivity contribution in [2.75, 3.05) is 26.4 Å². The lowest BCUT2D eigenvalue weighted by Crippen LogP contribution is -2.60. The molecule has 7 heteroatoms. The molecule has 1 amide bonds. The topological polar surface area (TPSA) is 74.9 Å². The highest BCUT2D eigenvalue weighted by atomic mass is 16.7. The molecule has 1 aromatic heterocycles. The van der Waals surface area contributed by atoms with E-state index in [0.29, 0.717) is 24.1 Å². The van der Waals surface area contributed by atoms with E-state index in [2.05, 4.69) is 26.9 Å². The predicted octanol–water partition coefficient (Wildman–Crippen LogP) is 1.81. The largest absolute Gasteiger partial charge is 0.454 e. The van der Waals surface area contributed by atoms with Gasteiger partial charge in [0.1, 0.15) is 0 Å². The molecule has 3 atom stereocenters. The molecule has 0 aliphatic carbocycles. The van der Waals surface area contributed by atoms with Crippen molar-refractivity contribution in [3.8, 4) is 11.5 Å². The number of hydrogen-bond donors (Lipinski definition) is 1. The molecule has 0 saturated carbocycles. The number of amides is 1. The maximum Gasteiger partial charge on any atom is 0.255 e. The smallest absolute Gasteiger partial charge is 0.255 e. The van der Waals surface area contributed by atoms with Gasteiger partial charge in [-0.3, -0.25) is 14.5 Å². The average Bonchev–Trinajstić information content (AvgIpc) is 3.40. The number of aromatic nitrogens is 1. The Hall–Kier alpha value is -2.80. The third-order valence-electron chi connectivity index (χ3n) is 7.11. The molecule has 5 aliphatic heterocycles. The number of piperidine rings is 3. The van der Waals surface area contributed by atoms with Gasteiger partial charge in [-0.05, 0) is 55.6 Å². The Balaban J connectivity index is 1.38. The molecule has 4 fully saturated rings. The molecule has 0 radical (unpaired) electrons. The van der Waals surface area contributed by atoms with E-state index in [-0.39, 0.29) is 30.2 Å². The summed E-state index contributed by atoms with van der Waals surface area (Å²) in [6.07, 6.45) is 3.82. The van der Waals surface area contributed by atoms with Crippen LogP contribution in [0.1, 0.15) is 34.7 Å². The summed E-state index contributed by atoms with van der Waals surface area (Å²) in [5, 5.41) is 0. The van der Waals surface area contributed by atoms with E-state index in [4.69, 9.17) is 9.47 Å². The van der Waals surface area contributed by atoms with Crippen LogP contribution in [-0.2, 0) is 0 Å². The number of likely N-dealkylation sites (tertiary alicyclic amines) is 1. The van der Waals surface area contributed by atoms with Crippen LogP contribution < -0.4 is 15.0 Å². The average molecular weight is 393 g/mol. The number of fused-ring (bicyclic) bond motifs is 3. The number of nitrogens with zero attached hydrogens (tertiary/aromatic N) is 2. The lowest BCUT2D eigenvalue weighted by Gasteiger charge is -2.51. The number of ether oxygens (including phenoxy) is 2. The first kappa shape index (κ1) is 17.1. The van der Waals surface area contributed by atoms with E-state index in [1.54, 1.807) is 6.07 Å². The molecule has 2 aromatic rings. The van der Waals surface area contributed by atoms with Crippen molar-refractivity contribution in [3.05, 3.63) is 58.0 Å². The molecular formula is C22H23N3O4. The van der Waals surface area contributed by atoms with Gasteiger partial charge in [0.15, 0.2) is 11.5 Å². The maximum absolute atomic E-state index is 13.4. The lowest BCUT2D eigenvalue weighted by molar-refractivity contribution is -0.00342. The third kappa shape index (κ3) is 2.60. The first-order valence-electron chi connectivity index (χ1n) is 10.3. The lowest BCUT2D eigenvalue weighted by atomic mass is 9.75. The van der Waals surface area contributed by atoms with E-state index in [1.165, 1.54) is 17.8 Å². The van der Waals surface area contributed by atoms with Crippen molar-refractivity contribution < 1.29 is 14.3 Å². The van der Waals surface area contributed by atoms with Gasteiger partial charge in [0.2, 0.25) is 12.4 Å². The van der Waals surface area contributed by atoms with Crippen molar-refractivity contribution >= 4 is 5.91 Å². The number of rotatable bonds is 2. The second-order valence-electron chi connectivity index (χ2n) is 8.47. The zero-order valence-electron chi connectivity index (χ0n) is 16.0. The Labute approximate surface area is 168 Å². The van der Waals surface area contributed by atoms with Crippen LogP contribution in [0.15, 0.2) is 41.3 Å². The molecule has 2 bridgehead atoms. The molecule has 29 heavy (non-hydrogen) atoms. The number of hydrogen-bond acceptors (Lipinski definition) is 5. The molecule has 0 spiro atoms. The van der Waals surface area contributed by atoms with Crippen LogP contribution in [0.2, 0.25) is 0 Å². The molecule has 7 rings (SSSR count). The van der Waals surface area contributed by atoms with Crippen LogP contribution in [-0.4, -0.2) is 59.2 Å². The Kier molecular flexibility index (Phi) is 3.74. The number of carbonyl (C=O) groups excluding carboxylic acids is 1. The fourth-order valence-corrected chi connectivity index (χ4v) is 5.80. The number of nitrogens with one attached hydrogen (secondary N) is 1. The summed E-state index contributed by atoms with van der Waals surface area (Å²) < 4.78 is 11.1. The molecule has 6 heterocycles. The van der Waals surface area contributed by atoms with Crippen LogP contribution in [0.3, 0.4) is 0 Å². The molecule has 1 aromatic carbocycles. The Morgan fingerprint density at radius 1 is 1.03 bits per heavy atom. The maximum atomic E-state index is 13.4. The van der Waals surface area contributed by atoms with Crippen LogP contribution >= 0.6 is 0 Å². The summed E-state index contributed by atoms with van der Waals surface area (Å²) in [6.45, 7) is 3.15. The molecule has 1 N–H and O–H groups in total. The SMILES string of the molecule is O=C(c1ccc(=O)[nH]c1)N1C[C@@H](c2ccc3c(c2)OCO3)[C@@H]2[C@H]1C1CCN2CC1. The van der Waals surface area contributed by atoms with Crippen LogP contribution in [0.4, 0.5) is 0 Å². The number of pyridine rings is 1. The standard InChI is InChI=1S/C22H23N3O4/c26-19-4-2-15(10-23-19)22(27)25-11-16(14-1-3-17-18(9-14)29-12-28-17)21-20(25)13-5-7-24(21)8-6-13/h1-4,9-10,13,16,20-21H,5-8,11-12H2,(H,23,26)/t16-,20+,21+/m0/s1. The number of aromatic amines is 1. The van der Waals surface area contributed by atoms with Crippen molar-refractivity contribution in [2.45, 2.75) is 30.8 Å². The monoisotopic (exact) mass is 393 g/mol. The summed E-state index contributed by atoms with van der Waals surface area (Å²) in [6, 6.07) is 9.78. The normalized spacial score (nSPS) is 31.7. The number of carbonyl (C=O) groups is 1. The van der Waals surface area contributed by atoms with Crippen molar-refractivity contribution in [1.29, 1.82) is 0 Å². The fourth-order valence-electron chi connectivity index (χ4n) is 5.80. The zero-order chi connectivity index (χ0) is 19.5. The summed E-state index contributed by atoms with van der Waals surface area (Å²) in [5.41, 5.74) is 1.56. The third-order valence-corrected chi connectivity index (χ3v) is 7.11. The minimum Gasteiger partial charge on any atom is -0.454 e.